The summed E-state index contributed by atoms with van der Waals surface area (Å²) >= 11 is 1.32. The number of oxime groups is 1. The predicted molar refractivity (Wildman–Crippen MR) is 125 cm³/mol. The fraction of sp³-hybridized carbons (Fsp3) is 0.240. The number of rotatable bonds is 6. The van der Waals surface area contributed by atoms with E-state index in [1.54, 1.807) is 49.6 Å². The molecule has 0 saturated carbocycles. The topological polar surface area (TPSA) is 86.2 Å². The number of ketones is 1. The minimum Gasteiger partial charge on any atom is -0.493 e. The van der Waals surface area contributed by atoms with Gasteiger partial charge < -0.3 is 19.6 Å². The van der Waals surface area contributed by atoms with E-state index in [1.807, 2.05) is 31.4 Å². The lowest BCUT2D eigenvalue weighted by atomic mass is 9.75. The first-order valence-corrected chi connectivity index (χ1v) is 11.4. The van der Waals surface area contributed by atoms with Crippen LogP contribution in [0.1, 0.15) is 34.6 Å². The zero-order valence-electron chi connectivity index (χ0n) is 18.3. The molecule has 1 spiro atoms. The molecule has 0 aliphatic carbocycles. The lowest BCUT2D eigenvalue weighted by Crippen LogP contribution is -2.46. The summed E-state index contributed by atoms with van der Waals surface area (Å²) in [6.45, 7) is 3.86. The lowest BCUT2D eigenvalue weighted by molar-refractivity contribution is -0.140. The third-order valence-electron chi connectivity index (χ3n) is 5.73. The van der Waals surface area contributed by atoms with Crippen molar-refractivity contribution in [3.8, 4) is 11.5 Å². The Morgan fingerprint density at radius 1 is 1.15 bits per heavy atom. The summed E-state index contributed by atoms with van der Waals surface area (Å²) in [4.78, 5) is 33.5. The average Bonchev–Trinajstić information content (AvgIpc) is 3.53. The van der Waals surface area contributed by atoms with E-state index in [0.29, 0.717) is 38.9 Å². The Morgan fingerprint density at radius 3 is 2.70 bits per heavy atom. The molecule has 168 valence electrons. The molecule has 0 fully saturated rings. The lowest BCUT2D eigenvalue weighted by Gasteiger charge is -2.26. The quantitative estimate of drug-likeness (QED) is 0.540. The van der Waals surface area contributed by atoms with Crippen molar-refractivity contribution < 1.29 is 23.9 Å². The van der Waals surface area contributed by atoms with Crippen molar-refractivity contribution in [1.29, 1.82) is 0 Å². The highest BCUT2D eigenvalue weighted by Crippen LogP contribution is 2.50. The number of amides is 1. The van der Waals surface area contributed by atoms with Crippen LogP contribution >= 0.6 is 11.3 Å². The molecule has 0 unspecified atom stereocenters. The molecule has 3 aromatic rings. The zero-order valence-corrected chi connectivity index (χ0v) is 19.1. The summed E-state index contributed by atoms with van der Waals surface area (Å²) in [5, 5.41) is 9.00. The van der Waals surface area contributed by atoms with Crippen LogP contribution in [0.2, 0.25) is 0 Å². The maximum absolute atomic E-state index is 13.8. The van der Waals surface area contributed by atoms with Crippen LogP contribution in [0.4, 0.5) is 5.69 Å². The smallest absolute Gasteiger partial charge is 0.277 e. The summed E-state index contributed by atoms with van der Waals surface area (Å²) in [7, 11) is 1.55. The highest BCUT2D eigenvalue weighted by molar-refractivity contribution is 7.12. The monoisotopic (exact) mass is 462 g/mol. The first kappa shape index (κ1) is 21.2. The van der Waals surface area contributed by atoms with E-state index in [-0.39, 0.29) is 11.9 Å². The third-order valence-corrected chi connectivity index (χ3v) is 6.61. The summed E-state index contributed by atoms with van der Waals surface area (Å²) in [6.07, 6.45) is -0.0352. The van der Waals surface area contributed by atoms with Gasteiger partial charge in [0.1, 0.15) is 11.6 Å². The van der Waals surface area contributed by atoms with Crippen molar-refractivity contribution in [1.82, 2.24) is 0 Å². The van der Waals surface area contributed by atoms with Gasteiger partial charge in [0.25, 0.3) is 11.5 Å². The number of carbonyl (C=O) groups excluding carboxylic acids is 2. The third kappa shape index (κ3) is 3.29. The molecule has 1 amide bonds. The summed E-state index contributed by atoms with van der Waals surface area (Å²) < 4.78 is 11.3. The van der Waals surface area contributed by atoms with E-state index in [4.69, 9.17) is 14.3 Å². The fourth-order valence-electron chi connectivity index (χ4n) is 4.32. The number of para-hydroxylation sites is 1. The van der Waals surface area contributed by atoms with Crippen LogP contribution in [0.15, 0.2) is 65.1 Å². The van der Waals surface area contributed by atoms with Crippen LogP contribution in [0.3, 0.4) is 0 Å². The molecule has 1 aromatic heterocycles. The standard InChI is InChI=1S/C25H22N2O5S/c1-14(2)31-18-11-10-15(13-19(18)30-3)22-21(23(28)20-9-6-12-33-20)25(32-27-22)16-7-4-5-8-17(16)26-24(25)29/h4-14,21H,1-3H3,(H,26,29)/t21-,25+/m1/s1. The summed E-state index contributed by atoms with van der Waals surface area (Å²) in [5.74, 6) is -0.529. The Bertz CT molecular complexity index is 1270. The van der Waals surface area contributed by atoms with Crippen LogP contribution < -0.4 is 14.8 Å². The number of ether oxygens (including phenoxy) is 2. The van der Waals surface area contributed by atoms with Crippen LogP contribution in [0.5, 0.6) is 11.5 Å². The molecule has 0 saturated heterocycles. The van der Waals surface area contributed by atoms with Gasteiger partial charge in [0.15, 0.2) is 17.3 Å². The SMILES string of the molecule is COc1cc(C2=NO[C@]3(C(=O)Nc4ccccc43)[C@H]2C(=O)c2cccs2)ccc1OC(C)C. The van der Waals surface area contributed by atoms with E-state index in [9.17, 15) is 9.59 Å². The Balaban J connectivity index is 1.64. The van der Waals surface area contributed by atoms with Gasteiger partial charge in [-0.3, -0.25) is 9.59 Å². The van der Waals surface area contributed by atoms with Gasteiger partial charge in [0.05, 0.1) is 18.1 Å². The number of nitrogens with one attached hydrogen (secondary N) is 1. The average molecular weight is 463 g/mol. The largest absolute Gasteiger partial charge is 0.493 e. The second kappa shape index (κ2) is 8.04. The maximum Gasteiger partial charge on any atom is 0.277 e. The molecule has 2 aliphatic heterocycles. The second-order valence-corrected chi connectivity index (χ2v) is 9.06. The Hall–Kier alpha value is -3.65. The van der Waals surface area contributed by atoms with Crippen molar-refractivity contribution in [3.05, 3.63) is 76.0 Å². The van der Waals surface area contributed by atoms with Gasteiger partial charge in [0.2, 0.25) is 0 Å². The highest BCUT2D eigenvalue weighted by Gasteiger charge is 2.63. The van der Waals surface area contributed by atoms with Crippen LogP contribution in [0.25, 0.3) is 0 Å². The number of methoxy groups -OCH3 is 1. The molecular formula is C25H22N2O5S. The number of benzene rings is 2. The molecule has 3 heterocycles. The van der Waals surface area contributed by atoms with E-state index in [2.05, 4.69) is 10.5 Å². The van der Waals surface area contributed by atoms with Crippen molar-refractivity contribution in [2.24, 2.45) is 11.1 Å². The van der Waals surface area contributed by atoms with Crippen molar-refractivity contribution >= 4 is 34.4 Å². The Kier molecular flexibility index (Phi) is 5.17. The summed E-state index contributed by atoms with van der Waals surface area (Å²) in [5.41, 5.74) is 0.617. The fourth-order valence-corrected chi connectivity index (χ4v) is 5.01. The van der Waals surface area contributed by atoms with Crippen LogP contribution in [0, 0.1) is 5.92 Å². The van der Waals surface area contributed by atoms with Gasteiger partial charge >= 0.3 is 0 Å². The molecule has 0 bridgehead atoms. The van der Waals surface area contributed by atoms with Crippen molar-refractivity contribution in [2.45, 2.75) is 25.6 Å². The van der Waals surface area contributed by atoms with Gasteiger partial charge in [-0.1, -0.05) is 29.4 Å². The molecule has 2 atom stereocenters. The number of carbonyl (C=O) groups is 2. The Labute approximate surface area is 195 Å². The molecule has 7 nitrogen and oxygen atoms in total. The predicted octanol–water partition coefficient (Wildman–Crippen LogP) is 4.62. The van der Waals surface area contributed by atoms with Crippen molar-refractivity contribution in [3.63, 3.8) is 0 Å². The molecule has 0 radical (unpaired) electrons. The maximum atomic E-state index is 13.8. The number of thiophene rings is 1. The van der Waals surface area contributed by atoms with Crippen LogP contribution in [-0.2, 0) is 15.2 Å². The van der Waals surface area contributed by atoms with Gasteiger partial charge in [-0.2, -0.15) is 0 Å². The second-order valence-electron chi connectivity index (χ2n) is 8.11. The number of Topliss-reactive ketones (excluding diaryl/α,β-unsaturated/α-hetero) is 1. The number of anilines is 1. The number of nitrogens with zero attached hydrogens (tertiary/aromatic N) is 1. The first-order valence-electron chi connectivity index (χ1n) is 10.6. The summed E-state index contributed by atoms with van der Waals surface area (Å²) in [6, 6.07) is 16.1. The molecule has 5 rings (SSSR count). The first-order chi connectivity index (χ1) is 16.0. The normalized spacial score (nSPS) is 20.9. The van der Waals surface area contributed by atoms with Gasteiger partial charge in [-0.05, 0) is 49.6 Å². The molecular weight excluding hydrogens is 440 g/mol. The number of hydrogen-bond acceptors (Lipinski definition) is 7. The number of fused-ring (bicyclic) bond motifs is 2. The highest BCUT2D eigenvalue weighted by atomic mass is 32.1. The van der Waals surface area contributed by atoms with E-state index >= 15 is 0 Å². The molecule has 2 aromatic carbocycles. The van der Waals surface area contributed by atoms with Gasteiger partial charge in [-0.15, -0.1) is 11.3 Å². The zero-order chi connectivity index (χ0) is 23.2. The van der Waals surface area contributed by atoms with E-state index < -0.39 is 17.4 Å². The Morgan fingerprint density at radius 2 is 1.97 bits per heavy atom. The molecule has 8 heteroatoms. The van der Waals surface area contributed by atoms with Gasteiger partial charge in [-0.25, -0.2) is 0 Å². The van der Waals surface area contributed by atoms with E-state index in [1.165, 1.54) is 11.3 Å². The molecule has 1 N–H and O–H groups in total. The minimum atomic E-state index is -1.58. The van der Waals surface area contributed by atoms with E-state index in [0.717, 1.165) is 0 Å². The van der Waals surface area contributed by atoms with Gasteiger partial charge in [0, 0.05) is 16.8 Å². The van der Waals surface area contributed by atoms with Crippen molar-refractivity contribution in [2.75, 3.05) is 12.4 Å². The number of hydrogen-bond donors (Lipinski definition) is 1. The van der Waals surface area contributed by atoms with Crippen LogP contribution in [-0.4, -0.2) is 30.6 Å². The molecule has 33 heavy (non-hydrogen) atoms. The molecule has 2 aliphatic rings. The minimum absolute atomic E-state index is 0.0352.